The molecule has 4 rings (SSSR count). The highest BCUT2D eigenvalue weighted by molar-refractivity contribution is 7.91. The van der Waals surface area contributed by atoms with Crippen LogP contribution in [-0.4, -0.2) is 23.0 Å². The fourth-order valence-corrected chi connectivity index (χ4v) is 5.70. The third-order valence-electron chi connectivity index (χ3n) is 5.93. The molecule has 0 radical (unpaired) electrons. The van der Waals surface area contributed by atoms with Crippen LogP contribution in [-0.2, 0) is 21.8 Å². The molecule has 160 valence electrons. The van der Waals surface area contributed by atoms with Crippen LogP contribution in [0.1, 0.15) is 58.7 Å². The largest absolute Gasteiger partial charge is 0.384 e. The van der Waals surface area contributed by atoms with Gasteiger partial charge in [-0.05, 0) is 49.1 Å². The van der Waals surface area contributed by atoms with E-state index in [1.54, 1.807) is 12.1 Å². The molecule has 0 bridgehead atoms. The lowest BCUT2D eigenvalue weighted by Crippen LogP contribution is -2.22. The first-order valence-corrected chi connectivity index (χ1v) is 12.1. The number of sulfone groups is 1. The molecule has 0 saturated heterocycles. The zero-order valence-electron chi connectivity index (χ0n) is 17.9. The molecule has 2 aromatic heterocycles. The Hall–Kier alpha value is -2.41. The maximum atomic E-state index is 13.1. The van der Waals surface area contributed by atoms with Gasteiger partial charge in [-0.15, -0.1) is 0 Å². The van der Waals surface area contributed by atoms with Gasteiger partial charge >= 0.3 is 0 Å². The molecule has 0 aliphatic heterocycles. The number of nitrogens with two attached hydrogens (primary N) is 1. The molecule has 2 heterocycles. The first-order chi connectivity index (χ1) is 14.2. The fraction of sp³-hybridized carbons (Fsp3) is 0.478. The van der Waals surface area contributed by atoms with Gasteiger partial charge in [-0.25, -0.2) is 18.4 Å². The topological polar surface area (TPSA) is 90.9 Å². The maximum absolute atomic E-state index is 13.1. The lowest BCUT2D eigenvalue weighted by molar-refractivity contribution is 0.313. The lowest BCUT2D eigenvalue weighted by Gasteiger charge is -2.26. The van der Waals surface area contributed by atoms with Crippen molar-refractivity contribution in [3.63, 3.8) is 0 Å². The Kier molecular flexibility index (Phi) is 5.34. The number of rotatable bonds is 4. The van der Waals surface area contributed by atoms with Crippen LogP contribution in [0, 0.1) is 5.92 Å². The number of anilines is 1. The first-order valence-electron chi connectivity index (χ1n) is 10.6. The second kappa shape index (κ2) is 7.69. The van der Waals surface area contributed by atoms with Gasteiger partial charge in [0.15, 0.2) is 0 Å². The minimum absolute atomic E-state index is 0.133. The molecule has 6 nitrogen and oxygen atoms in total. The summed E-state index contributed by atoms with van der Waals surface area (Å²) in [6.45, 7) is 7.41. The Bertz CT molecular complexity index is 1170. The van der Waals surface area contributed by atoms with Gasteiger partial charge in [0.1, 0.15) is 11.6 Å². The van der Waals surface area contributed by atoms with Crippen molar-refractivity contribution in [2.24, 2.45) is 5.92 Å². The van der Waals surface area contributed by atoms with E-state index in [0.717, 1.165) is 23.4 Å². The Labute approximate surface area is 178 Å². The van der Waals surface area contributed by atoms with Gasteiger partial charge in [-0.2, -0.15) is 0 Å². The van der Waals surface area contributed by atoms with E-state index in [4.69, 9.17) is 10.7 Å². The summed E-state index contributed by atoms with van der Waals surface area (Å²) in [6.07, 6.45) is 7.82. The normalized spacial score (nSPS) is 16.2. The van der Waals surface area contributed by atoms with E-state index in [2.05, 4.69) is 30.3 Å². The van der Waals surface area contributed by atoms with E-state index in [9.17, 15) is 8.42 Å². The molecule has 1 saturated carbocycles. The van der Waals surface area contributed by atoms with Crippen LogP contribution in [0.25, 0.3) is 11.0 Å². The Morgan fingerprint density at radius 3 is 2.43 bits per heavy atom. The molecule has 0 amide bonds. The molecule has 3 aromatic rings. The van der Waals surface area contributed by atoms with E-state index in [1.807, 2.05) is 6.07 Å². The second-order valence-corrected chi connectivity index (χ2v) is 11.3. The average molecular weight is 427 g/mol. The van der Waals surface area contributed by atoms with Crippen molar-refractivity contribution >= 4 is 26.7 Å². The molecule has 30 heavy (non-hydrogen) atoms. The van der Waals surface area contributed by atoms with Crippen LogP contribution in [0.4, 0.5) is 5.82 Å². The summed E-state index contributed by atoms with van der Waals surface area (Å²) < 4.78 is 28.5. The SMILES string of the molecule is CC(C)(C)c1nc2cc(S(=O)(=O)c3ccnc(N)c3)ccc2n1CC1CCCCC1. The predicted octanol–water partition coefficient (Wildman–Crippen LogP) is 4.72. The van der Waals surface area contributed by atoms with Crippen molar-refractivity contribution in [3.8, 4) is 0 Å². The van der Waals surface area contributed by atoms with Gasteiger partial charge in [0.05, 0.1) is 20.8 Å². The highest BCUT2D eigenvalue weighted by atomic mass is 32.2. The smallest absolute Gasteiger partial charge is 0.206 e. The first kappa shape index (κ1) is 20.8. The molecule has 0 unspecified atom stereocenters. The van der Waals surface area contributed by atoms with E-state index < -0.39 is 9.84 Å². The molecule has 0 spiro atoms. The van der Waals surface area contributed by atoms with Gasteiger partial charge < -0.3 is 10.3 Å². The minimum atomic E-state index is -3.69. The second-order valence-electron chi connectivity index (χ2n) is 9.37. The van der Waals surface area contributed by atoms with Gasteiger partial charge in [0.25, 0.3) is 0 Å². The Balaban J connectivity index is 1.80. The number of benzene rings is 1. The number of hydrogen-bond acceptors (Lipinski definition) is 5. The Morgan fingerprint density at radius 2 is 1.77 bits per heavy atom. The van der Waals surface area contributed by atoms with E-state index >= 15 is 0 Å². The number of fused-ring (bicyclic) bond motifs is 1. The van der Waals surface area contributed by atoms with Crippen molar-refractivity contribution in [2.75, 3.05) is 5.73 Å². The van der Waals surface area contributed by atoms with Gasteiger partial charge in [0, 0.05) is 18.2 Å². The van der Waals surface area contributed by atoms with Gasteiger partial charge in [0.2, 0.25) is 9.84 Å². The number of nitrogen functional groups attached to an aromatic ring is 1. The Morgan fingerprint density at radius 1 is 1.07 bits per heavy atom. The number of nitrogens with zero attached hydrogens (tertiary/aromatic N) is 3. The summed E-state index contributed by atoms with van der Waals surface area (Å²) in [5.41, 5.74) is 7.28. The van der Waals surface area contributed by atoms with Crippen molar-refractivity contribution in [1.82, 2.24) is 14.5 Å². The third kappa shape index (κ3) is 3.95. The van der Waals surface area contributed by atoms with Crippen LogP contribution in [0.15, 0.2) is 46.3 Å². The van der Waals surface area contributed by atoms with Crippen LogP contribution >= 0.6 is 0 Å². The van der Waals surface area contributed by atoms with Crippen molar-refractivity contribution < 1.29 is 8.42 Å². The molecule has 7 heteroatoms. The van der Waals surface area contributed by atoms with Crippen molar-refractivity contribution in [2.45, 2.75) is 74.6 Å². The number of pyridine rings is 1. The monoisotopic (exact) mass is 426 g/mol. The van der Waals surface area contributed by atoms with Crippen molar-refractivity contribution in [3.05, 3.63) is 42.4 Å². The fourth-order valence-electron chi connectivity index (χ4n) is 4.39. The van der Waals surface area contributed by atoms with Crippen LogP contribution in [0.3, 0.4) is 0 Å². The summed E-state index contributed by atoms with van der Waals surface area (Å²) in [4.78, 5) is 9.16. The lowest BCUT2D eigenvalue weighted by atomic mass is 9.88. The third-order valence-corrected chi connectivity index (χ3v) is 7.68. The summed E-state index contributed by atoms with van der Waals surface area (Å²) in [5.74, 6) is 1.84. The van der Waals surface area contributed by atoms with E-state index in [0.29, 0.717) is 5.92 Å². The van der Waals surface area contributed by atoms with Crippen LogP contribution in [0.2, 0.25) is 0 Å². The zero-order chi connectivity index (χ0) is 21.5. The molecule has 0 atom stereocenters. The molecular weight excluding hydrogens is 396 g/mol. The van der Waals surface area contributed by atoms with Crippen LogP contribution in [0.5, 0.6) is 0 Å². The van der Waals surface area contributed by atoms with Crippen molar-refractivity contribution in [1.29, 1.82) is 0 Å². The number of hydrogen-bond donors (Lipinski definition) is 1. The quantitative estimate of drug-likeness (QED) is 0.651. The summed E-state index contributed by atoms with van der Waals surface area (Å²) >= 11 is 0. The highest BCUT2D eigenvalue weighted by Crippen LogP contribution is 2.33. The summed E-state index contributed by atoms with van der Waals surface area (Å²) in [6, 6.07) is 8.13. The summed E-state index contributed by atoms with van der Waals surface area (Å²) in [7, 11) is -3.69. The maximum Gasteiger partial charge on any atom is 0.206 e. The molecule has 2 N–H and O–H groups in total. The zero-order valence-corrected chi connectivity index (χ0v) is 18.7. The van der Waals surface area contributed by atoms with Crippen LogP contribution < -0.4 is 5.73 Å². The van der Waals surface area contributed by atoms with Gasteiger partial charge in [-0.1, -0.05) is 40.0 Å². The standard InChI is InChI=1S/C23H30N4O2S/c1-23(2,3)22-26-19-13-17(30(28,29)18-11-12-25-21(24)14-18)9-10-20(19)27(22)15-16-7-5-4-6-8-16/h9-14,16H,4-8,15H2,1-3H3,(H2,24,25). The number of aromatic nitrogens is 3. The van der Waals surface area contributed by atoms with E-state index in [-0.39, 0.29) is 21.0 Å². The van der Waals surface area contributed by atoms with E-state index in [1.165, 1.54) is 50.4 Å². The minimum Gasteiger partial charge on any atom is -0.384 e. The molecular formula is C23H30N4O2S. The predicted molar refractivity (Wildman–Crippen MR) is 119 cm³/mol. The molecule has 1 aliphatic rings. The van der Waals surface area contributed by atoms with Gasteiger partial charge in [-0.3, -0.25) is 0 Å². The summed E-state index contributed by atoms with van der Waals surface area (Å²) in [5, 5.41) is 0. The molecule has 1 fully saturated rings. The number of imidazole rings is 1. The molecule has 1 aromatic carbocycles. The average Bonchev–Trinajstić information content (AvgIpc) is 3.07. The highest BCUT2D eigenvalue weighted by Gasteiger charge is 2.26. The molecule has 1 aliphatic carbocycles.